The molecule has 4 aromatic carbocycles. The molecule has 0 spiro atoms. The fourth-order valence-corrected chi connectivity index (χ4v) is 13.6. The van der Waals surface area contributed by atoms with Crippen molar-refractivity contribution in [2.45, 2.75) is 30.5 Å². The zero-order chi connectivity index (χ0) is 24.5. The van der Waals surface area contributed by atoms with Crippen LogP contribution < -0.4 is 52.8 Å². The maximum absolute atomic E-state index is 2.58. The van der Waals surface area contributed by atoms with Crippen LogP contribution in [0.3, 0.4) is 0 Å². The molecule has 1 aliphatic rings. The molecule has 0 heterocycles. The molecule has 5 rings (SSSR count). The van der Waals surface area contributed by atoms with Gasteiger partial charge in [0.1, 0.15) is 0 Å². The van der Waals surface area contributed by atoms with Crippen LogP contribution in [0.2, 0.25) is 3.34 Å². The molecule has 1 aliphatic carbocycles. The first-order valence-electron chi connectivity index (χ1n) is 12.3. The van der Waals surface area contributed by atoms with Gasteiger partial charge >= 0.3 is 224 Å². The van der Waals surface area contributed by atoms with Crippen LogP contribution in [0.15, 0.2) is 127 Å². The number of hydrogen-bond acceptors (Lipinski definition) is 0. The zero-order valence-electron chi connectivity index (χ0n) is 21.9. The van der Waals surface area contributed by atoms with E-state index in [2.05, 4.69) is 163 Å². The summed E-state index contributed by atoms with van der Waals surface area (Å²) in [5.41, 5.74) is 6.72. The summed E-state index contributed by atoms with van der Waals surface area (Å²) in [5, 5.41) is 4.41. The van der Waals surface area contributed by atoms with Crippen molar-refractivity contribution in [1.82, 2.24) is 0 Å². The standard InChI is InChI=1S/C33H31Si.3ClH.Ti/c1-25-10-7-15-30(20-25)34(31-16-8-11-26(2)21-31,32-17-9-12-27(3)22-32)33-19-18-29(24-33)23-28-13-5-4-6-14-28;;;;/h4-22,24H,23H2,1-3H3;3*1H;/q;;;;+3/p-3. The van der Waals surface area contributed by atoms with Gasteiger partial charge in [-0.25, -0.2) is 0 Å². The van der Waals surface area contributed by atoms with E-state index < -0.39 is 8.07 Å². The average molecular weight is 610 g/mol. The van der Waals surface area contributed by atoms with E-state index in [1.165, 1.54) is 43.4 Å². The van der Waals surface area contributed by atoms with E-state index in [4.69, 9.17) is 0 Å². The van der Waals surface area contributed by atoms with E-state index in [1.807, 2.05) is 0 Å². The van der Waals surface area contributed by atoms with Gasteiger partial charge in [-0.2, -0.15) is 0 Å². The van der Waals surface area contributed by atoms with E-state index >= 15 is 0 Å². The van der Waals surface area contributed by atoms with E-state index in [0.29, 0.717) is 0 Å². The van der Waals surface area contributed by atoms with E-state index in [9.17, 15) is 0 Å². The van der Waals surface area contributed by atoms with Crippen LogP contribution in [0.25, 0.3) is 0 Å². The van der Waals surface area contributed by atoms with E-state index in [0.717, 1.165) is 6.42 Å². The predicted molar refractivity (Wildman–Crippen MR) is 148 cm³/mol. The van der Waals surface area contributed by atoms with Gasteiger partial charge in [-0.3, -0.25) is 0 Å². The molecular formula is C33H31Cl3SiTi. The van der Waals surface area contributed by atoms with Crippen molar-refractivity contribution in [3.8, 4) is 0 Å². The first-order valence-corrected chi connectivity index (χ1v) is 15.1. The molecule has 38 heavy (non-hydrogen) atoms. The fraction of sp³-hybridized carbons (Fsp3) is 0.152. The molecule has 0 saturated carbocycles. The minimum Gasteiger partial charge on any atom is -1.00 e. The third-order valence-electron chi connectivity index (χ3n) is 7.20. The molecule has 5 heteroatoms. The molecule has 192 valence electrons. The third-order valence-corrected chi connectivity index (χ3v) is 14.5. The van der Waals surface area contributed by atoms with Gasteiger partial charge < -0.3 is 37.2 Å². The molecule has 0 nitrogen and oxygen atoms in total. The van der Waals surface area contributed by atoms with Crippen LogP contribution in [-0.2, 0) is 26.9 Å². The summed E-state index contributed by atoms with van der Waals surface area (Å²) in [6, 6.07) is 38.7. The van der Waals surface area contributed by atoms with Gasteiger partial charge in [0.2, 0.25) is 0 Å². The Bertz CT molecular complexity index is 1320. The van der Waals surface area contributed by atoms with Gasteiger partial charge in [0.15, 0.2) is 0 Å². The molecule has 0 amide bonds. The van der Waals surface area contributed by atoms with Crippen LogP contribution in [-0.4, -0.2) is 8.07 Å². The maximum Gasteiger partial charge on any atom is -1.00 e. The van der Waals surface area contributed by atoms with Gasteiger partial charge in [-0.1, -0.05) is 0 Å². The van der Waals surface area contributed by atoms with Crippen molar-refractivity contribution in [1.29, 1.82) is 0 Å². The number of hydrogen-bond donors (Lipinski definition) is 0. The molecule has 1 atom stereocenters. The van der Waals surface area contributed by atoms with Gasteiger partial charge in [0.05, 0.1) is 0 Å². The molecule has 0 bridgehead atoms. The summed E-state index contributed by atoms with van der Waals surface area (Å²) < 4.78 is -0.105. The van der Waals surface area contributed by atoms with Crippen molar-refractivity contribution < 1.29 is 57.7 Å². The van der Waals surface area contributed by atoms with Crippen molar-refractivity contribution in [3.05, 3.63) is 149 Å². The van der Waals surface area contributed by atoms with Crippen molar-refractivity contribution in [2.75, 3.05) is 0 Å². The molecule has 0 saturated heterocycles. The van der Waals surface area contributed by atoms with Crippen LogP contribution in [0.5, 0.6) is 0 Å². The normalized spacial score (nSPS) is 16.1. The van der Waals surface area contributed by atoms with Crippen LogP contribution in [0.4, 0.5) is 0 Å². The fourth-order valence-electron chi connectivity index (χ4n) is 5.65. The summed E-state index contributed by atoms with van der Waals surface area (Å²) in [7, 11) is -2.53. The Kier molecular flexibility index (Phi) is 11.5. The topological polar surface area (TPSA) is 0 Å². The first kappa shape index (κ1) is 32.4. The molecule has 0 N–H and O–H groups in total. The summed E-state index contributed by atoms with van der Waals surface area (Å²) in [6.45, 7) is 6.66. The number of rotatable bonds is 6. The third kappa shape index (κ3) is 6.15. The number of aryl methyl sites for hydroxylation is 3. The van der Waals surface area contributed by atoms with Crippen molar-refractivity contribution in [2.24, 2.45) is 0 Å². The minimum absolute atomic E-state index is 0. The second-order valence-electron chi connectivity index (χ2n) is 9.94. The van der Waals surface area contributed by atoms with Gasteiger partial charge in [-0.15, -0.1) is 0 Å². The van der Waals surface area contributed by atoms with Gasteiger partial charge in [0, 0.05) is 0 Å². The second-order valence-corrected chi connectivity index (χ2v) is 16.1. The number of benzene rings is 4. The minimum atomic E-state index is -2.53. The summed E-state index contributed by atoms with van der Waals surface area (Å²) in [4.78, 5) is 0. The second kappa shape index (κ2) is 13.5. The number of halogens is 3. The van der Waals surface area contributed by atoms with Gasteiger partial charge in [-0.05, 0) is 0 Å². The van der Waals surface area contributed by atoms with Crippen LogP contribution in [0, 0.1) is 20.8 Å². The molecule has 0 aliphatic heterocycles. The Balaban J connectivity index is 0.00000169. The molecule has 1 unspecified atom stereocenters. The molecule has 0 aromatic heterocycles. The van der Waals surface area contributed by atoms with E-state index in [-0.39, 0.29) is 40.6 Å². The SMILES string of the molecule is Cc1cccc([Si](c2cccc(C)c2)(c2cccc(C)c2)[C]2([Ti+3])C=CC(Cc3ccccc3)=C2)c1.[Cl-].[Cl-].[Cl-]. The Morgan fingerprint density at radius 2 is 1.05 bits per heavy atom. The first-order chi connectivity index (χ1) is 16.9. The Hall–Kier alpha value is -1.84. The van der Waals surface area contributed by atoms with Crippen LogP contribution >= 0.6 is 0 Å². The summed E-state index contributed by atoms with van der Waals surface area (Å²) in [5.74, 6) is 0. The quantitative estimate of drug-likeness (QED) is 0.163. The molecular weight excluding hydrogens is 579 g/mol. The van der Waals surface area contributed by atoms with Crippen molar-refractivity contribution in [3.63, 3.8) is 0 Å². The average Bonchev–Trinajstić information content (AvgIpc) is 3.22. The smallest absolute Gasteiger partial charge is 1.00 e. The largest absolute Gasteiger partial charge is 1.00 e. The van der Waals surface area contributed by atoms with E-state index in [1.54, 1.807) is 0 Å². The number of allylic oxidation sites excluding steroid dienone is 4. The van der Waals surface area contributed by atoms with Crippen molar-refractivity contribution >= 4 is 23.6 Å². The monoisotopic (exact) mass is 608 g/mol. The maximum atomic E-state index is 2.58. The summed E-state index contributed by atoms with van der Waals surface area (Å²) >= 11 is 2.47. The predicted octanol–water partition coefficient (Wildman–Crippen LogP) is -2.92. The summed E-state index contributed by atoms with van der Waals surface area (Å²) in [6.07, 6.45) is 8.44. The Morgan fingerprint density at radius 1 is 0.605 bits per heavy atom. The molecule has 0 radical (unpaired) electrons. The molecule has 4 aromatic rings. The molecule has 0 fully saturated rings. The zero-order valence-corrected chi connectivity index (χ0v) is 26.7. The van der Waals surface area contributed by atoms with Gasteiger partial charge in [0.25, 0.3) is 0 Å². The Morgan fingerprint density at radius 3 is 1.47 bits per heavy atom. The Labute approximate surface area is 259 Å². The van der Waals surface area contributed by atoms with Crippen LogP contribution in [0.1, 0.15) is 22.3 Å².